The molecule has 0 aliphatic rings. The number of benzene rings is 1. The first-order chi connectivity index (χ1) is 9.13. The molecular formula is C12H9NO5S. The van der Waals surface area contributed by atoms with Crippen molar-refractivity contribution in [3.8, 4) is 11.5 Å². The number of para-hydroxylation sites is 2. The monoisotopic (exact) mass is 279 g/mol. The molecule has 1 aromatic heterocycles. The molecule has 1 aromatic carbocycles. The van der Waals surface area contributed by atoms with Gasteiger partial charge in [-0.1, -0.05) is 12.1 Å². The lowest BCUT2D eigenvalue weighted by Crippen LogP contribution is -2.13. The number of carboxylic acids is 1. The molecule has 0 unspecified atom stereocenters. The summed E-state index contributed by atoms with van der Waals surface area (Å²) in [7, 11) is 1.44. The zero-order valence-corrected chi connectivity index (χ0v) is 10.6. The Morgan fingerprint density at radius 1 is 1.26 bits per heavy atom. The number of aromatic carboxylic acids is 1. The second kappa shape index (κ2) is 5.49. The molecule has 0 saturated carbocycles. The smallest absolute Gasteiger partial charge is 0.364 e. The lowest BCUT2D eigenvalue weighted by molar-refractivity contribution is 0.0668. The minimum Gasteiger partial charge on any atom is -0.493 e. The van der Waals surface area contributed by atoms with Gasteiger partial charge in [0.2, 0.25) is 0 Å². The van der Waals surface area contributed by atoms with Crippen molar-refractivity contribution in [1.29, 1.82) is 0 Å². The molecule has 6 nitrogen and oxygen atoms in total. The summed E-state index contributed by atoms with van der Waals surface area (Å²) in [5.41, 5.74) is 1.06. The summed E-state index contributed by atoms with van der Waals surface area (Å²) in [5, 5.41) is 8.91. The highest BCUT2D eigenvalue weighted by atomic mass is 32.1. The molecule has 98 valence electrons. The van der Waals surface area contributed by atoms with Crippen LogP contribution in [0.5, 0.6) is 11.5 Å². The Labute approximate surface area is 112 Å². The van der Waals surface area contributed by atoms with Gasteiger partial charge in [0.25, 0.3) is 0 Å². The highest BCUT2D eigenvalue weighted by molar-refractivity contribution is 7.12. The molecule has 1 N–H and O–H groups in total. The van der Waals surface area contributed by atoms with E-state index in [4.69, 9.17) is 14.6 Å². The normalized spacial score (nSPS) is 9.95. The summed E-state index contributed by atoms with van der Waals surface area (Å²) in [4.78, 5) is 26.3. The van der Waals surface area contributed by atoms with Crippen LogP contribution >= 0.6 is 11.3 Å². The second-order valence-corrected chi connectivity index (χ2v) is 4.23. The fourth-order valence-electron chi connectivity index (χ4n) is 1.39. The van der Waals surface area contributed by atoms with Crippen molar-refractivity contribution in [3.05, 3.63) is 40.3 Å². The van der Waals surface area contributed by atoms with Crippen LogP contribution in [-0.4, -0.2) is 29.1 Å². The van der Waals surface area contributed by atoms with Gasteiger partial charge in [0.1, 0.15) is 4.88 Å². The SMILES string of the molecule is COc1ccccc1OC(=O)c1ncsc1C(=O)O. The summed E-state index contributed by atoms with van der Waals surface area (Å²) in [5.74, 6) is -1.46. The number of methoxy groups -OCH3 is 1. The quantitative estimate of drug-likeness (QED) is 0.681. The summed E-state index contributed by atoms with van der Waals surface area (Å²) >= 11 is 0.864. The number of carbonyl (C=O) groups is 2. The van der Waals surface area contributed by atoms with Crippen molar-refractivity contribution >= 4 is 23.3 Å². The van der Waals surface area contributed by atoms with E-state index in [1.165, 1.54) is 12.6 Å². The average molecular weight is 279 g/mol. The number of hydrogen-bond acceptors (Lipinski definition) is 6. The number of hydrogen-bond donors (Lipinski definition) is 1. The lowest BCUT2D eigenvalue weighted by atomic mass is 10.3. The van der Waals surface area contributed by atoms with Crippen LogP contribution in [0.15, 0.2) is 29.8 Å². The van der Waals surface area contributed by atoms with E-state index >= 15 is 0 Å². The molecule has 0 spiro atoms. The van der Waals surface area contributed by atoms with Crippen LogP contribution in [0.4, 0.5) is 0 Å². The predicted octanol–water partition coefficient (Wildman–Crippen LogP) is 2.07. The Balaban J connectivity index is 2.26. The molecule has 0 bridgehead atoms. The van der Waals surface area contributed by atoms with Gasteiger partial charge in [-0.2, -0.15) is 0 Å². The summed E-state index contributed by atoms with van der Waals surface area (Å²) in [6.45, 7) is 0. The first-order valence-electron chi connectivity index (χ1n) is 5.15. The van der Waals surface area contributed by atoms with Crippen molar-refractivity contribution < 1.29 is 24.2 Å². The third kappa shape index (κ3) is 2.71. The van der Waals surface area contributed by atoms with E-state index in [-0.39, 0.29) is 16.3 Å². The van der Waals surface area contributed by atoms with Crippen LogP contribution < -0.4 is 9.47 Å². The van der Waals surface area contributed by atoms with E-state index in [1.807, 2.05) is 0 Å². The number of aromatic nitrogens is 1. The van der Waals surface area contributed by atoms with Gasteiger partial charge >= 0.3 is 11.9 Å². The highest BCUT2D eigenvalue weighted by Crippen LogP contribution is 2.27. The second-order valence-electron chi connectivity index (χ2n) is 3.38. The van der Waals surface area contributed by atoms with Gasteiger partial charge in [0, 0.05) is 0 Å². The van der Waals surface area contributed by atoms with Gasteiger partial charge < -0.3 is 14.6 Å². The molecule has 0 amide bonds. The topological polar surface area (TPSA) is 85.7 Å². The number of thiazole rings is 1. The molecule has 0 aliphatic carbocycles. The zero-order valence-electron chi connectivity index (χ0n) is 9.82. The van der Waals surface area contributed by atoms with Crippen molar-refractivity contribution in [2.24, 2.45) is 0 Å². The molecule has 0 radical (unpaired) electrons. The Hall–Kier alpha value is -2.41. The number of esters is 1. The van der Waals surface area contributed by atoms with Gasteiger partial charge in [-0.05, 0) is 12.1 Å². The molecule has 0 aliphatic heterocycles. The van der Waals surface area contributed by atoms with Crippen molar-refractivity contribution in [2.45, 2.75) is 0 Å². The van der Waals surface area contributed by atoms with Gasteiger partial charge in [-0.15, -0.1) is 11.3 Å². The zero-order chi connectivity index (χ0) is 13.8. The van der Waals surface area contributed by atoms with E-state index in [0.29, 0.717) is 5.75 Å². The molecule has 1 heterocycles. The third-order valence-electron chi connectivity index (χ3n) is 2.23. The first kappa shape index (κ1) is 13.0. The molecule has 0 saturated heterocycles. The first-order valence-corrected chi connectivity index (χ1v) is 6.03. The number of carbonyl (C=O) groups excluding carboxylic acids is 1. The van der Waals surface area contributed by atoms with Crippen molar-refractivity contribution in [1.82, 2.24) is 4.98 Å². The van der Waals surface area contributed by atoms with Crippen LogP contribution in [0.3, 0.4) is 0 Å². The maximum atomic E-state index is 11.9. The highest BCUT2D eigenvalue weighted by Gasteiger charge is 2.22. The fourth-order valence-corrected chi connectivity index (χ4v) is 2.01. The van der Waals surface area contributed by atoms with Gasteiger partial charge in [0.15, 0.2) is 17.2 Å². The molecule has 19 heavy (non-hydrogen) atoms. The lowest BCUT2D eigenvalue weighted by Gasteiger charge is -2.07. The van der Waals surface area contributed by atoms with Crippen molar-refractivity contribution in [2.75, 3.05) is 7.11 Å². The van der Waals surface area contributed by atoms with Crippen LogP contribution in [0.25, 0.3) is 0 Å². The Kier molecular flexibility index (Phi) is 3.76. The maximum Gasteiger partial charge on any atom is 0.364 e. The fraction of sp³-hybridized carbons (Fsp3) is 0.0833. The molecule has 0 atom stereocenters. The van der Waals surface area contributed by atoms with E-state index in [1.54, 1.807) is 24.3 Å². The molecule has 2 aromatic rings. The predicted molar refractivity (Wildman–Crippen MR) is 67.0 cm³/mol. The largest absolute Gasteiger partial charge is 0.493 e. The summed E-state index contributed by atoms with van der Waals surface area (Å²) < 4.78 is 10.1. The minimum atomic E-state index is -1.21. The van der Waals surface area contributed by atoms with Crippen LogP contribution in [0, 0.1) is 0 Å². The minimum absolute atomic E-state index is 0.153. The van der Waals surface area contributed by atoms with E-state index in [2.05, 4.69) is 4.98 Å². The number of nitrogens with zero attached hydrogens (tertiary/aromatic N) is 1. The average Bonchev–Trinajstić information content (AvgIpc) is 2.88. The molecule has 7 heteroatoms. The van der Waals surface area contributed by atoms with Gasteiger partial charge in [-0.3, -0.25) is 0 Å². The number of rotatable bonds is 4. The molecular weight excluding hydrogens is 270 g/mol. The van der Waals surface area contributed by atoms with Crippen LogP contribution in [0.1, 0.15) is 20.2 Å². The van der Waals surface area contributed by atoms with Gasteiger partial charge in [-0.25, -0.2) is 14.6 Å². The number of carboxylic acid groups (broad SMARTS) is 1. The van der Waals surface area contributed by atoms with Crippen molar-refractivity contribution in [3.63, 3.8) is 0 Å². The summed E-state index contributed by atoms with van der Waals surface area (Å²) in [6, 6.07) is 6.57. The Morgan fingerprint density at radius 3 is 2.58 bits per heavy atom. The standard InChI is InChI=1S/C12H9NO5S/c1-17-7-4-2-3-5-8(7)18-12(16)9-10(11(14)15)19-6-13-9/h2-6H,1H3,(H,14,15). The molecule has 0 fully saturated rings. The van der Waals surface area contributed by atoms with Gasteiger partial charge in [0.05, 0.1) is 12.6 Å². The summed E-state index contributed by atoms with van der Waals surface area (Å²) in [6.07, 6.45) is 0. The Bertz CT molecular complexity index is 622. The maximum absolute atomic E-state index is 11.9. The van der Waals surface area contributed by atoms with Crippen LogP contribution in [-0.2, 0) is 0 Å². The van der Waals surface area contributed by atoms with E-state index < -0.39 is 11.9 Å². The Morgan fingerprint density at radius 2 is 1.95 bits per heavy atom. The third-order valence-corrected chi connectivity index (χ3v) is 3.04. The van der Waals surface area contributed by atoms with Crippen LogP contribution in [0.2, 0.25) is 0 Å². The molecule has 2 rings (SSSR count). The van der Waals surface area contributed by atoms with E-state index in [9.17, 15) is 9.59 Å². The van der Waals surface area contributed by atoms with E-state index in [0.717, 1.165) is 11.3 Å². The number of ether oxygens (including phenoxy) is 2.